The van der Waals surface area contributed by atoms with Gasteiger partial charge in [0.1, 0.15) is 11.7 Å². The van der Waals surface area contributed by atoms with E-state index in [2.05, 4.69) is 20.3 Å². The third-order valence-corrected chi connectivity index (χ3v) is 5.08. The summed E-state index contributed by atoms with van der Waals surface area (Å²) in [5.74, 6) is -0.128. The van der Waals surface area contributed by atoms with Gasteiger partial charge in [-0.2, -0.15) is 0 Å². The summed E-state index contributed by atoms with van der Waals surface area (Å²) in [7, 11) is 0. The van der Waals surface area contributed by atoms with Gasteiger partial charge in [0, 0.05) is 23.2 Å². The van der Waals surface area contributed by atoms with E-state index in [-0.39, 0.29) is 12.3 Å². The van der Waals surface area contributed by atoms with E-state index in [1.165, 1.54) is 0 Å². The number of imidazole rings is 1. The maximum Gasteiger partial charge on any atom is 0.303 e. The Balaban J connectivity index is 1.40. The molecule has 0 spiro atoms. The maximum atomic E-state index is 12.7. The highest BCUT2D eigenvalue weighted by molar-refractivity contribution is 6.06. The van der Waals surface area contributed by atoms with Crippen molar-refractivity contribution in [2.45, 2.75) is 19.4 Å². The van der Waals surface area contributed by atoms with Crippen LogP contribution in [0.2, 0.25) is 0 Å². The third kappa shape index (κ3) is 5.62. The lowest BCUT2D eigenvalue weighted by atomic mass is 10.1. The molecule has 0 saturated heterocycles. The van der Waals surface area contributed by atoms with Crippen molar-refractivity contribution in [1.82, 2.24) is 9.97 Å². The summed E-state index contributed by atoms with van der Waals surface area (Å²) in [5, 5.41) is 11.7. The van der Waals surface area contributed by atoms with Crippen molar-refractivity contribution >= 4 is 34.4 Å². The van der Waals surface area contributed by atoms with Crippen LogP contribution in [0.5, 0.6) is 0 Å². The number of nitrogens with zero attached hydrogens (tertiary/aromatic N) is 2. The molecule has 0 unspecified atom stereocenters. The van der Waals surface area contributed by atoms with E-state index in [1.54, 1.807) is 42.5 Å². The van der Waals surface area contributed by atoms with E-state index in [1.807, 2.05) is 30.3 Å². The van der Waals surface area contributed by atoms with Crippen LogP contribution in [0.3, 0.4) is 0 Å². The van der Waals surface area contributed by atoms with Gasteiger partial charge < -0.3 is 21.1 Å². The van der Waals surface area contributed by atoms with Gasteiger partial charge >= 0.3 is 5.97 Å². The standard InChI is InChI=1S/C25H23N5O3/c26-24(27-15-16-4-2-1-3-5-16)17-6-8-18(9-7-17)25(33)28-19-10-11-20-21(14-19)30-22(29-20)12-13-23(31)32/h1-11,14H,12-13,15H2,(H2,26,27)(H,28,33)(H,29,30)(H,31,32). The number of amides is 1. The summed E-state index contributed by atoms with van der Waals surface area (Å²) in [4.78, 5) is 35.3. The molecule has 1 heterocycles. The molecule has 0 aliphatic rings. The predicted molar refractivity (Wildman–Crippen MR) is 127 cm³/mol. The molecular formula is C25H23N5O3. The molecule has 1 amide bonds. The SMILES string of the molecule is NC(=NCc1ccccc1)c1ccc(C(=O)Nc2ccc3nc(CCC(=O)O)[nH]c3c2)cc1. The average molecular weight is 441 g/mol. The molecule has 8 nitrogen and oxygen atoms in total. The first-order chi connectivity index (χ1) is 16.0. The molecule has 1 aromatic heterocycles. The van der Waals surface area contributed by atoms with Gasteiger partial charge in [0.15, 0.2) is 0 Å². The number of carbonyl (C=O) groups excluding carboxylic acids is 1. The van der Waals surface area contributed by atoms with E-state index in [9.17, 15) is 9.59 Å². The molecule has 0 atom stereocenters. The van der Waals surface area contributed by atoms with Crippen LogP contribution in [0.1, 0.15) is 33.7 Å². The number of aromatic nitrogens is 2. The number of nitrogens with two attached hydrogens (primary N) is 1. The second-order valence-electron chi connectivity index (χ2n) is 7.53. The van der Waals surface area contributed by atoms with Gasteiger partial charge in [0.05, 0.1) is 24.0 Å². The van der Waals surface area contributed by atoms with Gasteiger partial charge in [-0.05, 0) is 35.9 Å². The Morgan fingerprint density at radius 2 is 1.73 bits per heavy atom. The Morgan fingerprint density at radius 3 is 2.45 bits per heavy atom. The highest BCUT2D eigenvalue weighted by Crippen LogP contribution is 2.19. The topological polar surface area (TPSA) is 133 Å². The summed E-state index contributed by atoms with van der Waals surface area (Å²) in [6, 6.07) is 22.1. The van der Waals surface area contributed by atoms with Crippen LogP contribution in [0, 0.1) is 0 Å². The molecule has 0 fully saturated rings. The molecular weight excluding hydrogens is 418 g/mol. The number of benzene rings is 3. The summed E-state index contributed by atoms with van der Waals surface area (Å²) in [6.45, 7) is 0.489. The smallest absolute Gasteiger partial charge is 0.303 e. The van der Waals surface area contributed by atoms with Crippen LogP contribution in [0.25, 0.3) is 11.0 Å². The van der Waals surface area contributed by atoms with Crippen molar-refractivity contribution in [2.75, 3.05) is 5.32 Å². The number of rotatable bonds is 8. The molecule has 0 radical (unpaired) electrons. The van der Waals surface area contributed by atoms with Crippen LogP contribution in [0.4, 0.5) is 5.69 Å². The monoisotopic (exact) mass is 441 g/mol. The van der Waals surface area contributed by atoms with Crippen LogP contribution in [-0.2, 0) is 17.8 Å². The van der Waals surface area contributed by atoms with Gasteiger partial charge in [-0.25, -0.2) is 4.98 Å². The highest BCUT2D eigenvalue weighted by Gasteiger charge is 2.10. The number of hydrogen-bond acceptors (Lipinski definition) is 4. The minimum absolute atomic E-state index is 0.000881. The fourth-order valence-electron chi connectivity index (χ4n) is 3.33. The Hall–Kier alpha value is -4.46. The van der Waals surface area contributed by atoms with Gasteiger partial charge in [0.25, 0.3) is 5.91 Å². The lowest BCUT2D eigenvalue weighted by Crippen LogP contribution is -2.15. The van der Waals surface area contributed by atoms with Crippen LogP contribution >= 0.6 is 0 Å². The number of hydrogen-bond donors (Lipinski definition) is 4. The van der Waals surface area contributed by atoms with Crippen molar-refractivity contribution < 1.29 is 14.7 Å². The number of fused-ring (bicyclic) bond motifs is 1. The minimum Gasteiger partial charge on any atom is -0.481 e. The van der Waals surface area contributed by atoms with Gasteiger partial charge in [-0.1, -0.05) is 42.5 Å². The van der Waals surface area contributed by atoms with Crippen molar-refractivity contribution in [3.63, 3.8) is 0 Å². The maximum absolute atomic E-state index is 12.7. The molecule has 4 rings (SSSR count). The fourth-order valence-corrected chi connectivity index (χ4v) is 3.33. The zero-order chi connectivity index (χ0) is 23.2. The first-order valence-corrected chi connectivity index (χ1v) is 10.4. The molecule has 3 aromatic carbocycles. The molecule has 0 saturated carbocycles. The van der Waals surface area contributed by atoms with Crippen LogP contribution < -0.4 is 11.1 Å². The summed E-state index contributed by atoms with van der Waals surface area (Å²) in [6.07, 6.45) is 0.316. The van der Waals surface area contributed by atoms with E-state index in [0.717, 1.165) is 16.6 Å². The Morgan fingerprint density at radius 1 is 1.00 bits per heavy atom. The number of nitrogens with one attached hydrogen (secondary N) is 2. The Bertz CT molecular complexity index is 1310. The number of aromatic amines is 1. The van der Waals surface area contributed by atoms with Crippen LogP contribution in [-0.4, -0.2) is 32.8 Å². The van der Waals surface area contributed by atoms with Gasteiger partial charge in [-0.3, -0.25) is 14.6 Å². The minimum atomic E-state index is -0.876. The number of aliphatic imine (C=N–C) groups is 1. The fraction of sp³-hybridized carbons (Fsp3) is 0.120. The summed E-state index contributed by atoms with van der Waals surface area (Å²) < 4.78 is 0. The molecule has 8 heteroatoms. The zero-order valence-electron chi connectivity index (χ0n) is 17.8. The van der Waals surface area contributed by atoms with E-state index < -0.39 is 5.97 Å². The van der Waals surface area contributed by atoms with Crippen molar-refractivity contribution in [3.8, 4) is 0 Å². The number of anilines is 1. The van der Waals surface area contributed by atoms with Crippen LogP contribution in [0.15, 0.2) is 77.8 Å². The van der Waals surface area contributed by atoms with E-state index in [4.69, 9.17) is 10.8 Å². The number of carboxylic acid groups (broad SMARTS) is 1. The normalized spacial score (nSPS) is 11.5. The molecule has 0 bridgehead atoms. The predicted octanol–water partition coefficient (Wildman–Crippen LogP) is 3.74. The molecule has 4 aromatic rings. The summed E-state index contributed by atoms with van der Waals surface area (Å²) in [5.41, 5.74) is 10.4. The quantitative estimate of drug-likeness (QED) is 0.244. The Labute approximate surface area is 190 Å². The molecule has 5 N–H and O–H groups in total. The number of aliphatic carboxylic acids is 1. The number of amidine groups is 1. The van der Waals surface area contributed by atoms with Crippen molar-refractivity contribution in [3.05, 3.63) is 95.3 Å². The third-order valence-electron chi connectivity index (χ3n) is 5.08. The lowest BCUT2D eigenvalue weighted by molar-refractivity contribution is -0.137. The highest BCUT2D eigenvalue weighted by atomic mass is 16.4. The van der Waals surface area contributed by atoms with Gasteiger partial charge in [0.2, 0.25) is 0 Å². The first-order valence-electron chi connectivity index (χ1n) is 10.4. The number of carbonyl (C=O) groups is 2. The number of aryl methyl sites for hydroxylation is 1. The number of H-pyrrole nitrogens is 1. The van der Waals surface area contributed by atoms with Gasteiger partial charge in [-0.15, -0.1) is 0 Å². The second kappa shape index (κ2) is 9.78. The molecule has 0 aliphatic carbocycles. The number of carboxylic acids is 1. The second-order valence-corrected chi connectivity index (χ2v) is 7.53. The van der Waals surface area contributed by atoms with Crippen molar-refractivity contribution in [2.24, 2.45) is 10.7 Å². The van der Waals surface area contributed by atoms with E-state index in [0.29, 0.717) is 41.4 Å². The lowest BCUT2D eigenvalue weighted by Gasteiger charge is -2.07. The first kappa shape index (κ1) is 21.8. The Kier molecular flexibility index (Phi) is 6.45. The van der Waals surface area contributed by atoms with Crippen molar-refractivity contribution in [1.29, 1.82) is 0 Å². The molecule has 166 valence electrons. The molecule has 0 aliphatic heterocycles. The largest absolute Gasteiger partial charge is 0.481 e. The molecule has 33 heavy (non-hydrogen) atoms. The zero-order valence-corrected chi connectivity index (χ0v) is 17.8. The average Bonchev–Trinajstić information content (AvgIpc) is 3.24. The van der Waals surface area contributed by atoms with E-state index >= 15 is 0 Å². The summed E-state index contributed by atoms with van der Waals surface area (Å²) >= 11 is 0.